The summed E-state index contributed by atoms with van der Waals surface area (Å²) in [4.78, 5) is 0. The third kappa shape index (κ3) is 3.49. The van der Waals surface area contributed by atoms with Crippen molar-refractivity contribution < 1.29 is 23.7 Å². The zero-order chi connectivity index (χ0) is 16.1. The SMILES string of the molecule is CCOC1(OCC)CC(F)(CO)C1COCc1ccccc1. The number of ether oxygens (including phenoxy) is 3. The van der Waals surface area contributed by atoms with E-state index >= 15 is 0 Å². The van der Waals surface area contributed by atoms with Gasteiger partial charge in [0.1, 0.15) is 5.67 Å². The highest BCUT2D eigenvalue weighted by Crippen LogP contribution is 2.53. The van der Waals surface area contributed by atoms with Crippen molar-refractivity contribution in [3.05, 3.63) is 35.9 Å². The Balaban J connectivity index is 1.99. The van der Waals surface area contributed by atoms with E-state index in [1.165, 1.54) is 0 Å². The van der Waals surface area contributed by atoms with Gasteiger partial charge in [0.05, 0.1) is 25.7 Å². The van der Waals surface area contributed by atoms with E-state index in [0.29, 0.717) is 19.8 Å². The van der Waals surface area contributed by atoms with Crippen molar-refractivity contribution in [2.45, 2.75) is 38.3 Å². The third-order valence-electron chi connectivity index (χ3n) is 4.13. The van der Waals surface area contributed by atoms with E-state index in [0.717, 1.165) is 5.56 Å². The number of aliphatic hydroxyl groups is 1. The fourth-order valence-corrected chi connectivity index (χ4v) is 3.06. The van der Waals surface area contributed by atoms with Crippen LogP contribution in [0.1, 0.15) is 25.8 Å². The van der Waals surface area contributed by atoms with Crippen LogP contribution >= 0.6 is 0 Å². The highest BCUT2D eigenvalue weighted by Gasteiger charge is 2.66. The van der Waals surface area contributed by atoms with Gasteiger partial charge in [-0.25, -0.2) is 4.39 Å². The lowest BCUT2D eigenvalue weighted by atomic mass is 9.65. The Labute approximate surface area is 131 Å². The van der Waals surface area contributed by atoms with Crippen LogP contribution in [-0.4, -0.2) is 43.0 Å². The molecule has 1 saturated carbocycles. The van der Waals surface area contributed by atoms with Gasteiger partial charge in [-0.3, -0.25) is 0 Å². The molecule has 5 heteroatoms. The number of aliphatic hydroxyl groups excluding tert-OH is 1. The molecule has 0 amide bonds. The smallest absolute Gasteiger partial charge is 0.179 e. The number of halogens is 1. The number of benzene rings is 1. The lowest BCUT2D eigenvalue weighted by Crippen LogP contribution is -2.69. The van der Waals surface area contributed by atoms with Crippen molar-refractivity contribution in [2.75, 3.05) is 26.4 Å². The molecular formula is C17H25FO4. The van der Waals surface area contributed by atoms with Gasteiger partial charge in [-0.1, -0.05) is 30.3 Å². The first-order chi connectivity index (χ1) is 10.6. The molecule has 0 aromatic heterocycles. The maximum atomic E-state index is 14.7. The summed E-state index contributed by atoms with van der Waals surface area (Å²) in [5, 5.41) is 9.36. The van der Waals surface area contributed by atoms with Crippen LogP contribution in [0.25, 0.3) is 0 Å². The van der Waals surface area contributed by atoms with E-state index in [1.54, 1.807) is 0 Å². The fraction of sp³-hybridized carbons (Fsp3) is 0.647. The Morgan fingerprint density at radius 2 is 1.82 bits per heavy atom. The Kier molecular flexibility index (Phi) is 5.92. The Hall–Kier alpha value is -1.01. The van der Waals surface area contributed by atoms with Gasteiger partial charge in [-0.15, -0.1) is 0 Å². The molecule has 2 atom stereocenters. The van der Waals surface area contributed by atoms with Gasteiger partial charge in [0.15, 0.2) is 5.79 Å². The van der Waals surface area contributed by atoms with Gasteiger partial charge in [-0.2, -0.15) is 0 Å². The first-order valence-corrected chi connectivity index (χ1v) is 7.79. The molecule has 1 fully saturated rings. The standard InChI is InChI=1S/C17H25FO4/c1-3-21-17(22-4-2)12-16(18,13-19)15(17)11-20-10-14-8-6-5-7-9-14/h5-9,15,19H,3-4,10-13H2,1-2H3. The molecule has 1 aromatic carbocycles. The highest BCUT2D eigenvalue weighted by atomic mass is 19.1. The van der Waals surface area contributed by atoms with E-state index < -0.39 is 24.0 Å². The Morgan fingerprint density at radius 3 is 2.36 bits per heavy atom. The van der Waals surface area contributed by atoms with Crippen molar-refractivity contribution in [3.8, 4) is 0 Å². The lowest BCUT2D eigenvalue weighted by molar-refractivity contribution is -0.367. The van der Waals surface area contributed by atoms with Crippen molar-refractivity contribution in [2.24, 2.45) is 5.92 Å². The fourth-order valence-electron chi connectivity index (χ4n) is 3.06. The van der Waals surface area contributed by atoms with E-state index in [-0.39, 0.29) is 13.0 Å². The molecule has 4 nitrogen and oxygen atoms in total. The van der Waals surface area contributed by atoms with Gasteiger partial charge in [-0.05, 0) is 19.4 Å². The second-order valence-electron chi connectivity index (χ2n) is 5.60. The summed E-state index contributed by atoms with van der Waals surface area (Å²) in [6.45, 7) is 4.54. The first-order valence-electron chi connectivity index (χ1n) is 7.79. The van der Waals surface area contributed by atoms with Crippen LogP contribution in [0.4, 0.5) is 4.39 Å². The predicted octanol–water partition coefficient (Wildman–Crippen LogP) is 2.69. The Morgan fingerprint density at radius 1 is 1.18 bits per heavy atom. The molecule has 2 unspecified atom stereocenters. The molecular weight excluding hydrogens is 287 g/mol. The zero-order valence-corrected chi connectivity index (χ0v) is 13.3. The summed E-state index contributed by atoms with van der Waals surface area (Å²) in [5.74, 6) is -1.62. The molecule has 0 saturated heterocycles. The minimum Gasteiger partial charge on any atom is -0.393 e. The van der Waals surface area contributed by atoms with Crippen molar-refractivity contribution >= 4 is 0 Å². The Bertz CT molecular complexity index is 447. The molecule has 0 heterocycles. The molecule has 22 heavy (non-hydrogen) atoms. The average Bonchev–Trinajstić information content (AvgIpc) is 2.52. The molecule has 1 N–H and O–H groups in total. The van der Waals surface area contributed by atoms with E-state index in [9.17, 15) is 9.50 Å². The maximum absolute atomic E-state index is 14.7. The van der Waals surface area contributed by atoms with Crippen LogP contribution in [0.2, 0.25) is 0 Å². The summed E-state index contributed by atoms with van der Waals surface area (Å²) in [6.07, 6.45) is 0.0392. The molecule has 1 aliphatic carbocycles. The average molecular weight is 312 g/mol. The van der Waals surface area contributed by atoms with Crippen LogP contribution in [0.15, 0.2) is 30.3 Å². The first kappa shape index (κ1) is 17.3. The minimum atomic E-state index is -1.71. The predicted molar refractivity (Wildman–Crippen MR) is 81.1 cm³/mol. The number of hydrogen-bond acceptors (Lipinski definition) is 4. The third-order valence-corrected chi connectivity index (χ3v) is 4.13. The summed E-state index contributed by atoms with van der Waals surface area (Å²) in [5.41, 5.74) is -0.685. The van der Waals surface area contributed by atoms with Crippen molar-refractivity contribution in [1.82, 2.24) is 0 Å². The molecule has 0 aliphatic heterocycles. The van der Waals surface area contributed by atoms with Crippen LogP contribution in [0.5, 0.6) is 0 Å². The van der Waals surface area contributed by atoms with E-state index in [2.05, 4.69) is 0 Å². The minimum absolute atomic E-state index is 0.0392. The summed E-state index contributed by atoms with van der Waals surface area (Å²) >= 11 is 0. The van der Waals surface area contributed by atoms with Crippen LogP contribution in [0.3, 0.4) is 0 Å². The molecule has 124 valence electrons. The quantitative estimate of drug-likeness (QED) is 0.712. The molecule has 1 aromatic rings. The van der Waals surface area contributed by atoms with E-state index in [1.807, 2.05) is 44.2 Å². The summed E-state index contributed by atoms with van der Waals surface area (Å²) in [6, 6.07) is 9.70. The second kappa shape index (κ2) is 7.51. The van der Waals surface area contributed by atoms with Gasteiger partial charge in [0.2, 0.25) is 0 Å². The molecule has 1 aliphatic rings. The van der Waals surface area contributed by atoms with Gasteiger partial charge in [0, 0.05) is 19.6 Å². The molecule has 0 bridgehead atoms. The normalized spacial score (nSPS) is 26.6. The summed E-state index contributed by atoms with van der Waals surface area (Å²) in [7, 11) is 0. The maximum Gasteiger partial charge on any atom is 0.179 e. The van der Waals surface area contributed by atoms with Gasteiger partial charge in [0.25, 0.3) is 0 Å². The van der Waals surface area contributed by atoms with Crippen molar-refractivity contribution in [3.63, 3.8) is 0 Å². The van der Waals surface area contributed by atoms with Gasteiger partial charge < -0.3 is 19.3 Å². The monoisotopic (exact) mass is 312 g/mol. The number of alkyl halides is 1. The van der Waals surface area contributed by atoms with Crippen molar-refractivity contribution in [1.29, 1.82) is 0 Å². The van der Waals surface area contributed by atoms with E-state index in [4.69, 9.17) is 14.2 Å². The van der Waals surface area contributed by atoms with Crippen LogP contribution in [-0.2, 0) is 20.8 Å². The van der Waals surface area contributed by atoms with Crippen LogP contribution < -0.4 is 0 Å². The van der Waals surface area contributed by atoms with Gasteiger partial charge >= 0.3 is 0 Å². The highest BCUT2D eigenvalue weighted by molar-refractivity contribution is 5.14. The lowest BCUT2D eigenvalue weighted by Gasteiger charge is -2.56. The number of rotatable bonds is 9. The molecule has 0 radical (unpaired) electrons. The second-order valence-corrected chi connectivity index (χ2v) is 5.60. The summed E-state index contributed by atoms with van der Waals surface area (Å²) < 4.78 is 31.7. The number of hydrogen-bond donors (Lipinski definition) is 1. The molecule has 2 rings (SSSR count). The van der Waals surface area contributed by atoms with Crippen LogP contribution in [0, 0.1) is 5.92 Å². The topological polar surface area (TPSA) is 47.9 Å². The molecule has 0 spiro atoms. The largest absolute Gasteiger partial charge is 0.393 e. The zero-order valence-electron chi connectivity index (χ0n) is 13.3.